The Morgan fingerprint density at radius 3 is 2.69 bits per heavy atom. The first kappa shape index (κ1) is 13.7. The van der Waals surface area contributed by atoms with E-state index in [1.165, 1.54) is 0 Å². The molecular weight excluding hydrogens is 204 g/mol. The standard InChI is InChI=1S/C13H24O3/c1-3-4-5-6-11(14)13(16)8-7-10(2)9-12(13)15/h10,12,15-16H,3-9H2,1-2H3. The third kappa shape index (κ3) is 3.05. The molecule has 3 nitrogen and oxygen atoms in total. The fourth-order valence-electron chi connectivity index (χ4n) is 2.40. The SMILES string of the molecule is CCCCCC(=O)C1(O)CCC(C)CC1O. The maximum atomic E-state index is 11.9. The van der Waals surface area contributed by atoms with Gasteiger partial charge < -0.3 is 10.2 Å². The molecule has 0 aromatic rings. The lowest BCUT2D eigenvalue weighted by molar-refractivity contribution is -0.159. The third-order valence-electron chi connectivity index (χ3n) is 3.69. The largest absolute Gasteiger partial charge is 0.390 e. The minimum Gasteiger partial charge on any atom is -0.390 e. The zero-order valence-electron chi connectivity index (χ0n) is 10.4. The summed E-state index contributed by atoms with van der Waals surface area (Å²) in [5.41, 5.74) is -1.46. The topological polar surface area (TPSA) is 57.5 Å². The molecule has 0 bridgehead atoms. The molecule has 1 fully saturated rings. The second-order valence-corrected chi connectivity index (χ2v) is 5.20. The van der Waals surface area contributed by atoms with Crippen LogP contribution in [0.2, 0.25) is 0 Å². The summed E-state index contributed by atoms with van der Waals surface area (Å²) in [5.74, 6) is 0.235. The van der Waals surface area contributed by atoms with Gasteiger partial charge in [-0.2, -0.15) is 0 Å². The van der Waals surface area contributed by atoms with Crippen LogP contribution in [0.3, 0.4) is 0 Å². The highest BCUT2D eigenvalue weighted by Crippen LogP contribution is 2.33. The lowest BCUT2D eigenvalue weighted by Gasteiger charge is -2.38. The van der Waals surface area contributed by atoms with E-state index < -0.39 is 11.7 Å². The van der Waals surface area contributed by atoms with Crippen molar-refractivity contribution >= 4 is 5.78 Å². The van der Waals surface area contributed by atoms with Crippen LogP contribution < -0.4 is 0 Å². The zero-order chi connectivity index (χ0) is 12.2. The van der Waals surface area contributed by atoms with E-state index in [1.807, 2.05) is 6.92 Å². The van der Waals surface area contributed by atoms with E-state index in [4.69, 9.17) is 0 Å². The summed E-state index contributed by atoms with van der Waals surface area (Å²) in [4.78, 5) is 11.9. The fraction of sp³-hybridized carbons (Fsp3) is 0.923. The normalized spacial score (nSPS) is 35.0. The molecule has 3 atom stereocenters. The van der Waals surface area contributed by atoms with Crippen LogP contribution in [0.25, 0.3) is 0 Å². The lowest BCUT2D eigenvalue weighted by Crippen LogP contribution is -2.52. The molecule has 16 heavy (non-hydrogen) atoms. The van der Waals surface area contributed by atoms with Crippen LogP contribution in [0.4, 0.5) is 0 Å². The summed E-state index contributed by atoms with van der Waals surface area (Å²) in [6.07, 6.45) is 4.20. The minimum atomic E-state index is -1.46. The molecule has 0 aliphatic heterocycles. The Morgan fingerprint density at radius 1 is 1.44 bits per heavy atom. The van der Waals surface area contributed by atoms with Gasteiger partial charge in [0.2, 0.25) is 0 Å². The van der Waals surface area contributed by atoms with E-state index in [2.05, 4.69) is 6.92 Å². The number of ketones is 1. The van der Waals surface area contributed by atoms with Crippen molar-refractivity contribution in [2.45, 2.75) is 70.5 Å². The number of carbonyl (C=O) groups is 1. The molecule has 1 aliphatic carbocycles. The average molecular weight is 228 g/mol. The van der Waals surface area contributed by atoms with Gasteiger partial charge in [0, 0.05) is 6.42 Å². The molecule has 0 aromatic carbocycles. The van der Waals surface area contributed by atoms with E-state index in [9.17, 15) is 15.0 Å². The van der Waals surface area contributed by atoms with Crippen molar-refractivity contribution in [1.29, 1.82) is 0 Å². The van der Waals surface area contributed by atoms with Gasteiger partial charge in [-0.3, -0.25) is 4.79 Å². The molecule has 0 aromatic heterocycles. The Kier molecular flexibility index (Phi) is 4.93. The Bertz CT molecular complexity index is 239. The molecule has 0 amide bonds. The minimum absolute atomic E-state index is 0.166. The maximum Gasteiger partial charge on any atom is 0.167 e. The number of aliphatic hydroxyl groups is 2. The van der Waals surface area contributed by atoms with Gasteiger partial charge in [0.1, 0.15) is 5.60 Å². The summed E-state index contributed by atoms with van der Waals surface area (Å²) in [7, 11) is 0. The summed E-state index contributed by atoms with van der Waals surface area (Å²) < 4.78 is 0. The average Bonchev–Trinajstić information content (AvgIpc) is 2.24. The number of hydrogen-bond acceptors (Lipinski definition) is 3. The molecule has 0 saturated heterocycles. The van der Waals surface area contributed by atoms with Crippen LogP contribution in [0, 0.1) is 5.92 Å². The Morgan fingerprint density at radius 2 is 2.12 bits per heavy atom. The first-order valence-electron chi connectivity index (χ1n) is 6.44. The molecule has 3 unspecified atom stereocenters. The zero-order valence-corrected chi connectivity index (χ0v) is 10.4. The lowest BCUT2D eigenvalue weighted by atomic mass is 9.74. The third-order valence-corrected chi connectivity index (χ3v) is 3.69. The highest BCUT2D eigenvalue weighted by Gasteiger charge is 2.45. The Labute approximate surface area is 97.9 Å². The van der Waals surface area contributed by atoms with Gasteiger partial charge in [-0.1, -0.05) is 26.7 Å². The predicted octanol–water partition coefficient (Wildman–Crippen LogP) is 2.05. The molecule has 1 saturated carbocycles. The second-order valence-electron chi connectivity index (χ2n) is 5.20. The molecule has 1 rings (SSSR count). The van der Waals surface area contributed by atoms with Gasteiger partial charge in [0.15, 0.2) is 5.78 Å². The summed E-state index contributed by atoms with van der Waals surface area (Å²) in [6.45, 7) is 4.13. The maximum absolute atomic E-state index is 11.9. The van der Waals surface area contributed by atoms with Gasteiger partial charge in [-0.25, -0.2) is 0 Å². The quantitative estimate of drug-likeness (QED) is 0.708. The van der Waals surface area contributed by atoms with E-state index in [-0.39, 0.29) is 5.78 Å². The van der Waals surface area contributed by atoms with Crippen molar-refractivity contribution in [2.75, 3.05) is 0 Å². The van der Waals surface area contributed by atoms with Gasteiger partial charge in [-0.15, -0.1) is 0 Å². The van der Waals surface area contributed by atoms with E-state index in [0.717, 1.165) is 25.7 Å². The van der Waals surface area contributed by atoms with Gasteiger partial charge in [0.05, 0.1) is 6.10 Å². The molecular formula is C13H24O3. The smallest absolute Gasteiger partial charge is 0.167 e. The summed E-state index contributed by atoms with van der Waals surface area (Å²) in [5, 5.41) is 20.1. The second kappa shape index (κ2) is 5.78. The fourth-order valence-corrected chi connectivity index (χ4v) is 2.40. The van der Waals surface area contributed by atoms with Gasteiger partial charge in [0.25, 0.3) is 0 Å². The molecule has 2 N–H and O–H groups in total. The van der Waals surface area contributed by atoms with Crippen molar-refractivity contribution in [3.8, 4) is 0 Å². The predicted molar refractivity (Wildman–Crippen MR) is 63.1 cm³/mol. The molecule has 0 heterocycles. The van der Waals surface area contributed by atoms with Crippen molar-refractivity contribution < 1.29 is 15.0 Å². The number of rotatable bonds is 5. The van der Waals surface area contributed by atoms with Crippen molar-refractivity contribution in [3.05, 3.63) is 0 Å². The van der Waals surface area contributed by atoms with Gasteiger partial charge in [-0.05, 0) is 31.6 Å². The van der Waals surface area contributed by atoms with E-state index >= 15 is 0 Å². The van der Waals surface area contributed by atoms with E-state index in [0.29, 0.717) is 25.2 Å². The van der Waals surface area contributed by atoms with Crippen molar-refractivity contribution in [1.82, 2.24) is 0 Å². The van der Waals surface area contributed by atoms with Crippen LogP contribution in [0.15, 0.2) is 0 Å². The molecule has 0 radical (unpaired) electrons. The number of carbonyl (C=O) groups excluding carboxylic acids is 1. The summed E-state index contributed by atoms with van der Waals surface area (Å²) in [6, 6.07) is 0. The van der Waals surface area contributed by atoms with E-state index in [1.54, 1.807) is 0 Å². The number of aliphatic hydroxyl groups excluding tert-OH is 1. The first-order valence-corrected chi connectivity index (χ1v) is 6.44. The number of hydrogen-bond donors (Lipinski definition) is 2. The monoisotopic (exact) mass is 228 g/mol. The van der Waals surface area contributed by atoms with Crippen LogP contribution in [-0.2, 0) is 4.79 Å². The van der Waals surface area contributed by atoms with Crippen molar-refractivity contribution in [2.24, 2.45) is 5.92 Å². The first-order chi connectivity index (χ1) is 7.50. The molecule has 0 spiro atoms. The number of Topliss-reactive ketones (excluding diaryl/α,β-unsaturated/α-hetero) is 1. The number of unbranched alkanes of at least 4 members (excludes halogenated alkanes) is 2. The van der Waals surface area contributed by atoms with Gasteiger partial charge >= 0.3 is 0 Å². The van der Waals surface area contributed by atoms with Crippen molar-refractivity contribution in [3.63, 3.8) is 0 Å². The highest BCUT2D eigenvalue weighted by molar-refractivity contribution is 5.87. The van der Waals surface area contributed by atoms with Crippen LogP contribution in [0.1, 0.15) is 58.8 Å². The molecule has 3 heteroatoms. The molecule has 94 valence electrons. The van der Waals surface area contributed by atoms with Crippen LogP contribution >= 0.6 is 0 Å². The Hall–Kier alpha value is -0.410. The summed E-state index contributed by atoms with van der Waals surface area (Å²) >= 11 is 0. The Balaban J connectivity index is 2.52. The molecule has 1 aliphatic rings. The van der Waals surface area contributed by atoms with Crippen LogP contribution in [-0.4, -0.2) is 27.7 Å². The van der Waals surface area contributed by atoms with Crippen LogP contribution in [0.5, 0.6) is 0 Å². The highest BCUT2D eigenvalue weighted by atomic mass is 16.3.